The zero-order valence-corrected chi connectivity index (χ0v) is 17.4. The van der Waals surface area contributed by atoms with Crippen molar-refractivity contribution in [3.8, 4) is 5.75 Å². The summed E-state index contributed by atoms with van der Waals surface area (Å²) in [6, 6.07) is 10.9. The predicted octanol–water partition coefficient (Wildman–Crippen LogP) is 1.90. The van der Waals surface area contributed by atoms with Gasteiger partial charge >= 0.3 is 0 Å². The number of para-hydroxylation sites is 1. The Labute approximate surface area is 180 Å². The first-order chi connectivity index (χ1) is 15.0. The van der Waals surface area contributed by atoms with Crippen LogP contribution in [0, 0.1) is 0 Å². The van der Waals surface area contributed by atoms with E-state index in [1.54, 1.807) is 29.4 Å². The topological polar surface area (TPSA) is 101 Å². The summed E-state index contributed by atoms with van der Waals surface area (Å²) in [5.41, 5.74) is -0.160. The average molecular weight is 425 g/mol. The van der Waals surface area contributed by atoms with E-state index in [-0.39, 0.29) is 30.7 Å². The van der Waals surface area contributed by atoms with E-state index in [0.29, 0.717) is 43.8 Å². The minimum absolute atomic E-state index is 0.0264. The first kappa shape index (κ1) is 21.0. The normalized spacial score (nSPS) is 21.0. The number of hydrogen-bond donors (Lipinski definition) is 2. The van der Waals surface area contributed by atoms with Crippen LogP contribution in [-0.4, -0.2) is 54.4 Å². The first-order valence-corrected chi connectivity index (χ1v) is 10.7. The third kappa shape index (κ3) is 5.07. The van der Waals surface area contributed by atoms with Crippen LogP contribution < -0.4 is 15.4 Å². The van der Waals surface area contributed by atoms with E-state index in [1.165, 1.54) is 0 Å². The Morgan fingerprint density at radius 1 is 1.16 bits per heavy atom. The third-order valence-corrected chi connectivity index (χ3v) is 5.85. The van der Waals surface area contributed by atoms with Gasteiger partial charge in [-0.2, -0.15) is 0 Å². The molecule has 2 aromatic rings. The molecule has 0 aliphatic carbocycles. The maximum atomic E-state index is 12.6. The lowest BCUT2D eigenvalue weighted by atomic mass is 9.94. The molecule has 164 valence electrons. The molecular weight excluding hydrogens is 398 g/mol. The largest absolute Gasteiger partial charge is 0.485 e. The van der Waals surface area contributed by atoms with Crippen molar-refractivity contribution < 1.29 is 23.5 Å². The second-order valence-electron chi connectivity index (χ2n) is 8.06. The third-order valence-electron chi connectivity index (χ3n) is 5.85. The summed E-state index contributed by atoms with van der Waals surface area (Å²) in [4.78, 5) is 38.9. The Hall–Kier alpha value is -3.29. The fraction of sp³-hybridized carbons (Fsp3) is 0.435. The van der Waals surface area contributed by atoms with Gasteiger partial charge in [-0.3, -0.25) is 14.4 Å². The lowest BCUT2D eigenvalue weighted by Crippen LogP contribution is -2.46. The number of ether oxygens (including phenoxy) is 1. The summed E-state index contributed by atoms with van der Waals surface area (Å²) in [6.07, 6.45) is 4.45. The van der Waals surface area contributed by atoms with Gasteiger partial charge in [0.15, 0.2) is 0 Å². The van der Waals surface area contributed by atoms with Crippen LogP contribution in [0.1, 0.15) is 41.8 Å². The maximum absolute atomic E-state index is 12.6. The zero-order chi connectivity index (χ0) is 21.7. The molecule has 0 saturated carbocycles. The Kier molecular flexibility index (Phi) is 6.25. The zero-order valence-electron chi connectivity index (χ0n) is 17.4. The molecule has 1 aromatic heterocycles. The van der Waals surface area contributed by atoms with Gasteiger partial charge in [-0.15, -0.1) is 0 Å². The molecule has 1 fully saturated rings. The lowest BCUT2D eigenvalue weighted by molar-refractivity contribution is -0.135. The van der Waals surface area contributed by atoms with Crippen molar-refractivity contribution in [3.05, 3.63) is 54.0 Å². The van der Waals surface area contributed by atoms with Crippen molar-refractivity contribution >= 4 is 17.7 Å². The molecule has 1 aromatic carbocycles. The van der Waals surface area contributed by atoms with Crippen molar-refractivity contribution in [3.63, 3.8) is 0 Å². The van der Waals surface area contributed by atoms with Crippen LogP contribution >= 0.6 is 0 Å². The molecule has 31 heavy (non-hydrogen) atoms. The summed E-state index contributed by atoms with van der Waals surface area (Å²) in [5.74, 6) is 1.00. The highest BCUT2D eigenvalue weighted by molar-refractivity contribution is 5.97. The SMILES string of the molecule is O=C(CN1CCC2(CCC1=O)CNC(=O)c1ccccc1O2)NCCCc1ccco1. The Balaban J connectivity index is 1.31. The number of fused-ring (bicyclic) bond motifs is 1. The Morgan fingerprint density at radius 3 is 2.87 bits per heavy atom. The fourth-order valence-electron chi connectivity index (χ4n) is 4.05. The highest BCUT2D eigenvalue weighted by Gasteiger charge is 2.40. The molecule has 1 unspecified atom stereocenters. The van der Waals surface area contributed by atoms with Crippen molar-refractivity contribution in [2.75, 3.05) is 26.2 Å². The Bertz CT molecular complexity index is 942. The quantitative estimate of drug-likeness (QED) is 0.689. The lowest BCUT2D eigenvalue weighted by Gasteiger charge is -2.32. The highest BCUT2D eigenvalue weighted by Crippen LogP contribution is 2.33. The number of carbonyl (C=O) groups excluding carboxylic acids is 3. The van der Waals surface area contributed by atoms with Crippen LogP contribution in [-0.2, 0) is 16.0 Å². The summed E-state index contributed by atoms with van der Waals surface area (Å²) in [6.45, 7) is 1.29. The number of aryl methyl sites for hydroxylation is 1. The summed E-state index contributed by atoms with van der Waals surface area (Å²) < 4.78 is 11.6. The van der Waals surface area contributed by atoms with Gasteiger partial charge in [-0.25, -0.2) is 0 Å². The molecule has 2 aliphatic rings. The van der Waals surface area contributed by atoms with Crippen LogP contribution in [0.3, 0.4) is 0 Å². The van der Waals surface area contributed by atoms with Crippen molar-refractivity contribution in [2.45, 2.75) is 37.7 Å². The van der Waals surface area contributed by atoms with Crippen LogP contribution in [0.5, 0.6) is 5.75 Å². The highest BCUT2D eigenvalue weighted by atomic mass is 16.5. The minimum Gasteiger partial charge on any atom is -0.485 e. The van der Waals surface area contributed by atoms with Gasteiger partial charge in [0.2, 0.25) is 11.8 Å². The number of furan rings is 1. The van der Waals surface area contributed by atoms with Gasteiger partial charge in [0, 0.05) is 32.4 Å². The average Bonchev–Trinajstić information content (AvgIpc) is 3.19. The smallest absolute Gasteiger partial charge is 0.255 e. The number of hydrogen-bond acceptors (Lipinski definition) is 5. The summed E-state index contributed by atoms with van der Waals surface area (Å²) in [7, 11) is 0. The first-order valence-electron chi connectivity index (χ1n) is 10.7. The van der Waals surface area contributed by atoms with Crippen molar-refractivity contribution in [1.82, 2.24) is 15.5 Å². The van der Waals surface area contributed by atoms with Gasteiger partial charge in [0.05, 0.1) is 24.9 Å². The van der Waals surface area contributed by atoms with Gasteiger partial charge in [-0.05, 0) is 37.1 Å². The molecule has 4 rings (SSSR count). The van der Waals surface area contributed by atoms with E-state index in [4.69, 9.17) is 9.15 Å². The number of nitrogens with one attached hydrogen (secondary N) is 2. The molecule has 0 bridgehead atoms. The standard InChI is InChI=1S/C23H27N3O5/c27-20(24-12-3-5-17-6-4-14-30-17)15-26-13-11-23(10-9-21(26)28)16-25-22(29)18-7-1-2-8-19(18)31-23/h1-2,4,6-8,14H,3,5,9-13,15-16H2,(H,24,27)(H,25,29). The summed E-state index contributed by atoms with van der Waals surface area (Å²) >= 11 is 0. The van der Waals surface area contributed by atoms with Gasteiger partial charge < -0.3 is 24.7 Å². The van der Waals surface area contributed by atoms with E-state index < -0.39 is 5.60 Å². The molecule has 2 aliphatic heterocycles. The van der Waals surface area contributed by atoms with Crippen LogP contribution in [0.25, 0.3) is 0 Å². The van der Waals surface area contributed by atoms with Gasteiger partial charge in [-0.1, -0.05) is 12.1 Å². The van der Waals surface area contributed by atoms with E-state index in [9.17, 15) is 14.4 Å². The van der Waals surface area contributed by atoms with Gasteiger partial charge in [0.1, 0.15) is 17.1 Å². The number of nitrogens with zero attached hydrogens (tertiary/aromatic N) is 1. The van der Waals surface area contributed by atoms with Gasteiger partial charge in [0.25, 0.3) is 5.91 Å². The predicted molar refractivity (Wildman–Crippen MR) is 113 cm³/mol. The summed E-state index contributed by atoms with van der Waals surface area (Å²) in [5, 5.41) is 5.80. The molecule has 8 nitrogen and oxygen atoms in total. The van der Waals surface area contributed by atoms with E-state index in [1.807, 2.05) is 18.2 Å². The van der Waals surface area contributed by atoms with Crippen LogP contribution in [0.4, 0.5) is 0 Å². The monoisotopic (exact) mass is 425 g/mol. The van der Waals surface area contributed by atoms with Crippen molar-refractivity contribution in [1.29, 1.82) is 0 Å². The Morgan fingerprint density at radius 2 is 2.03 bits per heavy atom. The molecule has 2 N–H and O–H groups in total. The number of likely N-dealkylation sites (tertiary alicyclic amines) is 1. The molecular formula is C23H27N3O5. The number of carbonyl (C=O) groups is 3. The number of rotatable bonds is 6. The second-order valence-corrected chi connectivity index (χ2v) is 8.06. The molecule has 1 atom stereocenters. The van der Waals surface area contributed by atoms with Crippen molar-refractivity contribution in [2.24, 2.45) is 0 Å². The molecule has 3 heterocycles. The number of benzene rings is 1. The van der Waals surface area contributed by atoms with Crippen LogP contribution in [0.2, 0.25) is 0 Å². The molecule has 8 heteroatoms. The molecule has 0 radical (unpaired) electrons. The van der Waals surface area contributed by atoms with E-state index in [2.05, 4.69) is 10.6 Å². The fourth-order valence-corrected chi connectivity index (χ4v) is 4.05. The number of amides is 3. The minimum atomic E-state index is -0.661. The van der Waals surface area contributed by atoms with E-state index in [0.717, 1.165) is 18.6 Å². The van der Waals surface area contributed by atoms with Crippen LogP contribution in [0.15, 0.2) is 47.1 Å². The molecule has 1 saturated heterocycles. The second kappa shape index (κ2) is 9.24. The molecule has 1 spiro atoms. The van der Waals surface area contributed by atoms with E-state index >= 15 is 0 Å². The molecule has 3 amide bonds. The maximum Gasteiger partial charge on any atom is 0.255 e.